The SMILES string of the molecule is CC(NC(=O)C1NNC2=CC=CCCC21)c1ccccn1. The third-order valence-electron chi connectivity index (χ3n) is 4.00. The number of pyridine rings is 1. The second-order valence-corrected chi connectivity index (χ2v) is 5.47. The van der Waals surface area contributed by atoms with Crippen LogP contribution in [-0.4, -0.2) is 16.9 Å². The molecule has 3 unspecified atom stereocenters. The number of fused-ring (bicyclic) bond motifs is 1. The molecule has 1 aliphatic carbocycles. The number of nitrogens with one attached hydrogen (secondary N) is 3. The van der Waals surface area contributed by atoms with Crippen molar-refractivity contribution in [3.8, 4) is 0 Å². The van der Waals surface area contributed by atoms with E-state index in [2.05, 4.69) is 27.2 Å². The van der Waals surface area contributed by atoms with Crippen LogP contribution in [0.1, 0.15) is 31.5 Å². The highest BCUT2D eigenvalue weighted by molar-refractivity contribution is 5.83. The van der Waals surface area contributed by atoms with Crippen molar-refractivity contribution in [3.05, 3.63) is 54.0 Å². The van der Waals surface area contributed by atoms with Gasteiger partial charge in [0, 0.05) is 17.8 Å². The summed E-state index contributed by atoms with van der Waals surface area (Å²) in [5.41, 5.74) is 8.19. The van der Waals surface area contributed by atoms with Crippen molar-refractivity contribution in [1.29, 1.82) is 0 Å². The van der Waals surface area contributed by atoms with E-state index in [4.69, 9.17) is 0 Å². The Morgan fingerprint density at radius 2 is 2.38 bits per heavy atom. The van der Waals surface area contributed by atoms with Crippen molar-refractivity contribution in [2.75, 3.05) is 0 Å². The number of carbonyl (C=O) groups is 1. The van der Waals surface area contributed by atoms with E-state index in [1.54, 1.807) is 6.20 Å². The molecular weight excluding hydrogens is 264 g/mol. The summed E-state index contributed by atoms with van der Waals surface area (Å²) in [4.78, 5) is 16.8. The minimum Gasteiger partial charge on any atom is -0.347 e. The molecule has 1 amide bonds. The first kappa shape index (κ1) is 13.8. The average molecular weight is 284 g/mol. The van der Waals surface area contributed by atoms with E-state index >= 15 is 0 Å². The van der Waals surface area contributed by atoms with Crippen LogP contribution in [0, 0.1) is 5.92 Å². The monoisotopic (exact) mass is 284 g/mol. The van der Waals surface area contributed by atoms with Crippen LogP contribution in [0.15, 0.2) is 48.3 Å². The minimum absolute atomic E-state index is 0.0101. The molecule has 1 saturated heterocycles. The molecule has 1 fully saturated rings. The van der Waals surface area contributed by atoms with Gasteiger partial charge in [-0.1, -0.05) is 18.2 Å². The number of allylic oxidation sites excluding steroid dienone is 3. The fourth-order valence-corrected chi connectivity index (χ4v) is 2.82. The number of rotatable bonds is 3. The third kappa shape index (κ3) is 2.97. The molecule has 21 heavy (non-hydrogen) atoms. The second kappa shape index (κ2) is 6.10. The summed E-state index contributed by atoms with van der Waals surface area (Å²) in [6, 6.07) is 5.39. The van der Waals surface area contributed by atoms with E-state index in [1.165, 1.54) is 0 Å². The van der Waals surface area contributed by atoms with Gasteiger partial charge in [0.05, 0.1) is 11.7 Å². The van der Waals surface area contributed by atoms with Gasteiger partial charge < -0.3 is 10.7 Å². The van der Waals surface area contributed by atoms with Crippen LogP contribution in [0.5, 0.6) is 0 Å². The summed E-state index contributed by atoms with van der Waals surface area (Å²) in [6.45, 7) is 1.95. The molecule has 2 aliphatic rings. The van der Waals surface area contributed by atoms with Gasteiger partial charge in [0.2, 0.25) is 5.91 Å². The zero-order valence-corrected chi connectivity index (χ0v) is 12.0. The van der Waals surface area contributed by atoms with E-state index in [0.29, 0.717) is 0 Å². The molecule has 1 aromatic rings. The van der Waals surface area contributed by atoms with E-state index in [9.17, 15) is 4.79 Å². The number of amides is 1. The maximum absolute atomic E-state index is 12.5. The summed E-state index contributed by atoms with van der Waals surface area (Å²) in [5, 5.41) is 3.04. The number of nitrogens with zero attached hydrogens (tertiary/aromatic N) is 1. The molecule has 0 saturated carbocycles. The smallest absolute Gasteiger partial charge is 0.240 e. The topological polar surface area (TPSA) is 66.1 Å². The lowest BCUT2D eigenvalue weighted by Crippen LogP contribution is -2.46. The van der Waals surface area contributed by atoms with Crippen molar-refractivity contribution in [2.24, 2.45) is 5.92 Å². The van der Waals surface area contributed by atoms with Crippen LogP contribution >= 0.6 is 0 Å². The molecule has 0 bridgehead atoms. The predicted octanol–water partition coefficient (Wildman–Crippen LogP) is 1.59. The van der Waals surface area contributed by atoms with Crippen LogP contribution in [0.25, 0.3) is 0 Å². The molecule has 5 heteroatoms. The maximum Gasteiger partial charge on any atom is 0.240 e. The van der Waals surface area contributed by atoms with Crippen LogP contribution in [-0.2, 0) is 4.79 Å². The van der Waals surface area contributed by atoms with Crippen LogP contribution in [0.3, 0.4) is 0 Å². The highest BCUT2D eigenvalue weighted by atomic mass is 16.2. The highest BCUT2D eigenvalue weighted by Crippen LogP contribution is 2.26. The fraction of sp³-hybridized carbons (Fsp3) is 0.375. The lowest BCUT2D eigenvalue weighted by molar-refractivity contribution is -0.124. The summed E-state index contributed by atoms with van der Waals surface area (Å²) < 4.78 is 0. The number of hydrazine groups is 1. The van der Waals surface area contributed by atoms with Crippen LogP contribution in [0.4, 0.5) is 0 Å². The van der Waals surface area contributed by atoms with Gasteiger partial charge in [0.15, 0.2) is 0 Å². The Bertz CT molecular complexity index is 567. The van der Waals surface area contributed by atoms with Gasteiger partial charge in [-0.15, -0.1) is 0 Å². The largest absolute Gasteiger partial charge is 0.347 e. The van der Waals surface area contributed by atoms with Gasteiger partial charge in [-0.2, -0.15) is 0 Å². The fourth-order valence-electron chi connectivity index (χ4n) is 2.82. The predicted molar refractivity (Wildman–Crippen MR) is 80.8 cm³/mol. The van der Waals surface area contributed by atoms with Gasteiger partial charge in [-0.25, -0.2) is 5.43 Å². The third-order valence-corrected chi connectivity index (χ3v) is 4.00. The highest BCUT2D eigenvalue weighted by Gasteiger charge is 2.36. The number of hydrogen-bond donors (Lipinski definition) is 3. The molecular formula is C16H20N4O. The quantitative estimate of drug-likeness (QED) is 0.788. The molecule has 0 aromatic carbocycles. The van der Waals surface area contributed by atoms with E-state index in [-0.39, 0.29) is 23.9 Å². The van der Waals surface area contributed by atoms with Crippen molar-refractivity contribution in [3.63, 3.8) is 0 Å². The zero-order valence-electron chi connectivity index (χ0n) is 12.0. The Morgan fingerprint density at radius 1 is 1.48 bits per heavy atom. The molecule has 1 aromatic heterocycles. The molecule has 110 valence electrons. The van der Waals surface area contributed by atoms with Crippen molar-refractivity contribution in [1.82, 2.24) is 21.2 Å². The number of hydrogen-bond acceptors (Lipinski definition) is 4. The maximum atomic E-state index is 12.5. The van der Waals surface area contributed by atoms with Gasteiger partial charge in [-0.3, -0.25) is 9.78 Å². The average Bonchev–Trinajstić information content (AvgIpc) is 2.77. The lowest BCUT2D eigenvalue weighted by Gasteiger charge is -2.20. The van der Waals surface area contributed by atoms with Crippen LogP contribution < -0.4 is 16.2 Å². The van der Waals surface area contributed by atoms with Crippen molar-refractivity contribution in [2.45, 2.75) is 31.8 Å². The first-order valence-corrected chi connectivity index (χ1v) is 7.35. The molecule has 1 aliphatic heterocycles. The Labute approximate surface area is 124 Å². The molecule has 0 spiro atoms. The molecule has 5 nitrogen and oxygen atoms in total. The van der Waals surface area contributed by atoms with Crippen molar-refractivity contribution < 1.29 is 4.79 Å². The summed E-state index contributed by atoms with van der Waals surface area (Å²) in [6.07, 6.45) is 9.93. The lowest BCUT2D eigenvalue weighted by atomic mass is 9.93. The number of carbonyl (C=O) groups excluding carboxylic acids is 1. The molecule has 3 rings (SSSR count). The zero-order chi connectivity index (χ0) is 14.7. The van der Waals surface area contributed by atoms with E-state index in [0.717, 1.165) is 24.2 Å². The molecule has 3 N–H and O–H groups in total. The summed E-state index contributed by atoms with van der Waals surface area (Å²) in [7, 11) is 0. The van der Waals surface area contributed by atoms with Gasteiger partial charge in [0.1, 0.15) is 6.04 Å². The Balaban J connectivity index is 1.66. The second-order valence-electron chi connectivity index (χ2n) is 5.47. The summed E-state index contributed by atoms with van der Waals surface area (Å²) >= 11 is 0. The van der Waals surface area contributed by atoms with Crippen molar-refractivity contribution >= 4 is 5.91 Å². The first-order valence-electron chi connectivity index (χ1n) is 7.35. The normalized spacial score (nSPS) is 25.3. The molecule has 0 radical (unpaired) electrons. The van der Waals surface area contributed by atoms with Gasteiger partial charge in [0.25, 0.3) is 0 Å². The summed E-state index contributed by atoms with van der Waals surface area (Å²) in [5.74, 6) is 0.215. The van der Waals surface area contributed by atoms with Gasteiger partial charge >= 0.3 is 0 Å². The standard InChI is InChI=1S/C16H20N4O/c1-11(13-8-5-6-10-17-13)18-16(21)15-12-7-3-2-4-9-14(12)19-20-15/h2,4-6,8-12,15,19-20H,3,7H2,1H3,(H,18,21). The number of aromatic nitrogens is 1. The Kier molecular flexibility index (Phi) is 4.01. The molecule has 3 atom stereocenters. The van der Waals surface area contributed by atoms with E-state index in [1.807, 2.05) is 37.3 Å². The molecule has 2 heterocycles. The van der Waals surface area contributed by atoms with Gasteiger partial charge in [-0.05, 0) is 38.0 Å². The Morgan fingerprint density at radius 3 is 3.19 bits per heavy atom. The van der Waals surface area contributed by atoms with Crippen LogP contribution in [0.2, 0.25) is 0 Å². The van der Waals surface area contributed by atoms with E-state index < -0.39 is 0 Å². The Hall–Kier alpha value is -2.14. The minimum atomic E-state index is -0.234. The first-order chi connectivity index (χ1) is 10.3.